The topological polar surface area (TPSA) is 133 Å². The first-order valence-electron chi connectivity index (χ1n) is 21.8. The van der Waals surface area contributed by atoms with Gasteiger partial charge in [0.2, 0.25) is 5.91 Å². The Morgan fingerprint density at radius 3 is 2.03 bits per heavy atom. The van der Waals surface area contributed by atoms with Gasteiger partial charge in [-0.15, -0.1) is 34.9 Å². The molecule has 1 aliphatic heterocycles. The van der Waals surface area contributed by atoms with Crippen molar-refractivity contribution in [3.63, 3.8) is 0 Å². The van der Waals surface area contributed by atoms with Crippen molar-refractivity contribution in [3.8, 4) is 0 Å². The van der Waals surface area contributed by atoms with Gasteiger partial charge in [0, 0.05) is 32.2 Å². The molecular formula is C50H63N3O7S3Si. The molecule has 0 saturated heterocycles. The van der Waals surface area contributed by atoms with Gasteiger partial charge in [-0.1, -0.05) is 124 Å². The van der Waals surface area contributed by atoms with Crippen LogP contribution in [0.3, 0.4) is 0 Å². The van der Waals surface area contributed by atoms with Crippen molar-refractivity contribution >= 4 is 71.8 Å². The quantitative estimate of drug-likeness (QED) is 0.0203. The molecule has 0 aliphatic carbocycles. The van der Waals surface area contributed by atoms with E-state index in [1.807, 2.05) is 69.1 Å². The van der Waals surface area contributed by atoms with Crippen molar-refractivity contribution in [1.29, 1.82) is 0 Å². The Hall–Kier alpha value is -4.50. The number of nitrogens with one attached hydrogen (secondary N) is 1. The predicted octanol–water partition coefficient (Wildman–Crippen LogP) is 10.3. The molecule has 3 atom stereocenters. The molecule has 0 bridgehead atoms. The van der Waals surface area contributed by atoms with Gasteiger partial charge in [-0.3, -0.25) is 24.2 Å². The smallest absolute Gasteiger partial charge is 0.313 e. The number of amides is 1. The summed E-state index contributed by atoms with van der Waals surface area (Å²) in [4.78, 5) is 61.5. The highest BCUT2D eigenvalue weighted by Gasteiger charge is 2.40. The van der Waals surface area contributed by atoms with Crippen LogP contribution in [0.5, 0.6) is 0 Å². The summed E-state index contributed by atoms with van der Waals surface area (Å²) in [7, 11) is -1.42. The molecule has 1 amide bonds. The lowest BCUT2D eigenvalue weighted by molar-refractivity contribution is -0.155. The van der Waals surface area contributed by atoms with Crippen molar-refractivity contribution in [2.24, 2.45) is 10.9 Å². The molecule has 5 rings (SSSR count). The number of carbonyl (C=O) groups excluding carboxylic acids is 4. The van der Waals surface area contributed by atoms with Crippen molar-refractivity contribution in [3.05, 3.63) is 136 Å². The molecule has 1 unspecified atom stereocenters. The summed E-state index contributed by atoms with van der Waals surface area (Å²) in [5.74, 6) is -0.562. The summed E-state index contributed by atoms with van der Waals surface area (Å²) in [6, 6.07) is 32.4. The fourth-order valence-electron chi connectivity index (χ4n) is 6.91. The van der Waals surface area contributed by atoms with Crippen LogP contribution in [0, 0.1) is 5.92 Å². The molecule has 10 nitrogen and oxygen atoms in total. The summed E-state index contributed by atoms with van der Waals surface area (Å²) in [6.07, 6.45) is 3.66. The van der Waals surface area contributed by atoms with Crippen molar-refractivity contribution in [2.45, 2.75) is 108 Å². The van der Waals surface area contributed by atoms with Crippen LogP contribution in [0.1, 0.15) is 81.3 Å². The van der Waals surface area contributed by atoms with Gasteiger partial charge < -0.3 is 19.5 Å². The van der Waals surface area contributed by atoms with E-state index in [1.165, 1.54) is 39.8 Å². The fourth-order valence-corrected chi connectivity index (χ4v) is 11.1. The zero-order chi connectivity index (χ0) is 46.4. The Morgan fingerprint density at radius 2 is 1.47 bits per heavy atom. The Balaban J connectivity index is 1.19. The van der Waals surface area contributed by atoms with E-state index in [0.29, 0.717) is 34.5 Å². The van der Waals surface area contributed by atoms with Gasteiger partial charge in [0.15, 0.2) is 0 Å². The van der Waals surface area contributed by atoms with Crippen LogP contribution in [0.15, 0.2) is 114 Å². The lowest BCUT2D eigenvalue weighted by Gasteiger charge is -2.35. The van der Waals surface area contributed by atoms with Gasteiger partial charge >= 0.3 is 17.9 Å². The Morgan fingerprint density at radius 1 is 0.875 bits per heavy atom. The highest BCUT2D eigenvalue weighted by molar-refractivity contribution is 8.14. The van der Waals surface area contributed by atoms with E-state index in [4.69, 9.17) is 19.2 Å². The van der Waals surface area contributed by atoms with Crippen LogP contribution in [0.25, 0.3) is 0 Å². The number of carbonyl (C=O) groups is 4. The van der Waals surface area contributed by atoms with Crippen molar-refractivity contribution < 1.29 is 33.4 Å². The number of aliphatic imine (C=N–C) groups is 1. The normalized spacial score (nSPS) is 16.5. The Kier molecular flexibility index (Phi) is 18.2. The highest BCUT2D eigenvalue weighted by atomic mass is 32.2. The predicted molar refractivity (Wildman–Crippen MR) is 265 cm³/mol. The van der Waals surface area contributed by atoms with Crippen LogP contribution in [-0.2, 0) is 44.6 Å². The van der Waals surface area contributed by atoms with E-state index in [1.54, 1.807) is 13.0 Å². The molecule has 0 saturated carbocycles. The summed E-state index contributed by atoms with van der Waals surface area (Å²) < 4.78 is 16.5. The zero-order valence-corrected chi connectivity index (χ0v) is 41.8. The summed E-state index contributed by atoms with van der Waals surface area (Å²) in [5, 5.41) is 6.08. The van der Waals surface area contributed by atoms with Gasteiger partial charge in [0.1, 0.15) is 33.0 Å². The molecule has 0 radical (unpaired) electrons. The van der Waals surface area contributed by atoms with Crippen LogP contribution >= 0.6 is 34.9 Å². The molecule has 1 N–H and O–H groups in total. The standard InChI is InChI=1S/C50H63N3O7S3Si/c1-36(33-51-47(57)49(5)35-62-46(53-49)41-34-61-42(52-41)32-45(56)60-48(2,3)4)30-44(55)59-40(31-43(54)58-27-29-64(6,7)8)26-18-19-28-63-50(37-20-12-9-13-21-37,38-22-14-10-15-23-38)39-24-16-11-17-25-39/h9-18,20-26,34,36,40H,19,27-33,35H2,1-8H3,(H,51,57)/b26-18+/t36?,40-,49+/m1/s1. The summed E-state index contributed by atoms with van der Waals surface area (Å²) in [5.41, 5.74) is 2.55. The molecule has 64 heavy (non-hydrogen) atoms. The number of ether oxygens (including phenoxy) is 3. The Bertz CT molecular complexity index is 2130. The number of rotatable bonds is 22. The van der Waals surface area contributed by atoms with Gasteiger partial charge in [-0.2, -0.15) is 0 Å². The minimum Gasteiger partial charge on any atom is -0.466 e. The molecule has 14 heteroatoms. The first kappa shape index (κ1) is 50.5. The maximum atomic E-state index is 13.5. The SMILES string of the molecule is CC(CNC(=O)[C@]1(C)CSC(c2csc(CC(=O)OC(C)(C)C)n2)=N1)CC(=O)O[C@H](/C=C/CCSC(c1ccccc1)(c1ccccc1)c1ccccc1)CC(=O)OCC[Si](C)(C)C. The highest BCUT2D eigenvalue weighted by Crippen LogP contribution is 2.48. The van der Waals surface area contributed by atoms with E-state index in [-0.39, 0.29) is 43.6 Å². The van der Waals surface area contributed by atoms with Gasteiger partial charge in [0.25, 0.3) is 0 Å². The second-order valence-electron chi connectivity index (χ2n) is 18.5. The summed E-state index contributed by atoms with van der Waals surface area (Å²) >= 11 is 4.64. The van der Waals surface area contributed by atoms with Crippen LogP contribution in [0.4, 0.5) is 0 Å². The number of thiazole rings is 1. The minimum atomic E-state index is -1.42. The molecular weight excluding hydrogens is 879 g/mol. The number of aromatic nitrogens is 1. The third kappa shape index (κ3) is 15.3. The first-order chi connectivity index (χ1) is 30.3. The lowest BCUT2D eigenvalue weighted by Crippen LogP contribution is -2.45. The average molecular weight is 942 g/mol. The number of hydrogen-bond donors (Lipinski definition) is 1. The first-order valence-corrected chi connectivity index (χ1v) is 28.4. The molecule has 4 aromatic rings. The second-order valence-corrected chi connectivity index (χ2v) is 27.3. The largest absolute Gasteiger partial charge is 0.466 e. The molecule has 3 aromatic carbocycles. The van der Waals surface area contributed by atoms with Crippen LogP contribution < -0.4 is 5.32 Å². The monoisotopic (exact) mass is 941 g/mol. The number of hydrogen-bond acceptors (Lipinski definition) is 12. The minimum absolute atomic E-state index is 0.0398. The Labute approximate surface area is 392 Å². The summed E-state index contributed by atoms with van der Waals surface area (Å²) in [6.45, 7) is 16.4. The molecule has 1 aromatic heterocycles. The van der Waals surface area contributed by atoms with Crippen LogP contribution in [0.2, 0.25) is 25.7 Å². The fraction of sp³-hybridized carbons (Fsp3) is 0.440. The maximum Gasteiger partial charge on any atom is 0.313 e. The molecule has 0 spiro atoms. The average Bonchev–Trinajstić information content (AvgIpc) is 3.88. The van der Waals surface area contributed by atoms with Gasteiger partial charge in [-0.25, -0.2) is 4.98 Å². The second kappa shape index (κ2) is 23.1. The van der Waals surface area contributed by atoms with E-state index >= 15 is 0 Å². The number of benzene rings is 3. The van der Waals surface area contributed by atoms with E-state index in [2.05, 4.69) is 103 Å². The number of nitrogens with zero attached hydrogens (tertiary/aromatic N) is 2. The van der Waals surface area contributed by atoms with E-state index in [9.17, 15) is 19.2 Å². The molecule has 342 valence electrons. The number of allylic oxidation sites excluding steroid dienone is 1. The van der Waals surface area contributed by atoms with E-state index < -0.39 is 42.0 Å². The third-order valence-corrected chi connectivity index (χ3v) is 15.6. The number of esters is 3. The van der Waals surface area contributed by atoms with E-state index in [0.717, 1.165) is 11.8 Å². The van der Waals surface area contributed by atoms with Gasteiger partial charge in [0.05, 0.1) is 24.2 Å². The molecule has 1 aliphatic rings. The third-order valence-electron chi connectivity index (χ3n) is 10.2. The number of thioether (sulfide) groups is 2. The zero-order valence-electron chi connectivity index (χ0n) is 38.4. The van der Waals surface area contributed by atoms with Crippen molar-refractivity contribution in [1.82, 2.24) is 10.3 Å². The lowest BCUT2D eigenvalue weighted by atomic mass is 9.84. The van der Waals surface area contributed by atoms with Gasteiger partial charge in [-0.05, 0) is 74.6 Å². The van der Waals surface area contributed by atoms with Crippen LogP contribution in [-0.4, -0.2) is 83.8 Å². The molecule has 0 fully saturated rings. The van der Waals surface area contributed by atoms with Crippen molar-refractivity contribution in [2.75, 3.05) is 24.7 Å². The maximum absolute atomic E-state index is 13.5. The molecule has 2 heterocycles.